The molecule has 0 radical (unpaired) electrons. The van der Waals surface area contributed by atoms with E-state index in [1.54, 1.807) is 40.3 Å². The molecule has 0 atom stereocenters. The maximum absolute atomic E-state index is 12.9. The van der Waals surface area contributed by atoms with Crippen molar-refractivity contribution in [1.29, 1.82) is 0 Å². The summed E-state index contributed by atoms with van der Waals surface area (Å²) in [6.07, 6.45) is 6.18. The fourth-order valence-corrected chi connectivity index (χ4v) is 3.74. The van der Waals surface area contributed by atoms with Crippen LogP contribution >= 0.6 is 11.6 Å². The Hall–Kier alpha value is -3.19. The summed E-state index contributed by atoms with van der Waals surface area (Å²) in [5, 5.41) is 7.77. The molecule has 1 aliphatic heterocycles. The minimum atomic E-state index is -0.134. The first-order valence-corrected chi connectivity index (χ1v) is 10.2. The molecule has 8 heteroatoms. The number of aromatic nitrogens is 3. The number of piperidine rings is 1. The Bertz CT molecular complexity index is 1070. The average Bonchev–Trinajstić information content (AvgIpc) is 3.24. The molecule has 2 aromatic heterocycles. The summed E-state index contributed by atoms with van der Waals surface area (Å²) in [7, 11) is 0. The first-order valence-electron chi connectivity index (χ1n) is 9.83. The molecule has 2 amide bonds. The van der Waals surface area contributed by atoms with Crippen molar-refractivity contribution in [2.45, 2.75) is 19.8 Å². The molecule has 0 aliphatic carbocycles. The van der Waals surface area contributed by atoms with Crippen LogP contribution in [0.15, 0.2) is 55.0 Å². The second-order valence-electron chi connectivity index (χ2n) is 7.43. The lowest BCUT2D eigenvalue weighted by Gasteiger charge is -2.31. The van der Waals surface area contributed by atoms with Gasteiger partial charge in [0, 0.05) is 36.4 Å². The molecule has 1 aliphatic rings. The normalized spacial score (nSPS) is 14.5. The summed E-state index contributed by atoms with van der Waals surface area (Å²) >= 11 is 6.03. The quantitative estimate of drug-likeness (QED) is 0.693. The van der Waals surface area contributed by atoms with Crippen LogP contribution in [0, 0.1) is 12.8 Å². The topological polar surface area (TPSA) is 80.1 Å². The summed E-state index contributed by atoms with van der Waals surface area (Å²) in [5.74, 6) is 0.300. The summed E-state index contributed by atoms with van der Waals surface area (Å²) in [5.41, 5.74) is 2.35. The first-order chi connectivity index (χ1) is 14.5. The molecule has 0 bridgehead atoms. The molecule has 0 unspecified atom stereocenters. The number of carbonyl (C=O) groups excluding carboxylic acids is 2. The third-order valence-corrected chi connectivity index (χ3v) is 5.46. The van der Waals surface area contributed by atoms with Gasteiger partial charge in [-0.15, -0.1) is 0 Å². The molecule has 1 N–H and O–H groups in total. The van der Waals surface area contributed by atoms with E-state index in [-0.39, 0.29) is 17.7 Å². The molecule has 1 saturated heterocycles. The van der Waals surface area contributed by atoms with Gasteiger partial charge < -0.3 is 10.2 Å². The predicted molar refractivity (Wildman–Crippen MR) is 115 cm³/mol. The standard InChI is InChI=1S/C22H22ClN5O2/c1-15-5-8-24-20(11-15)26-21(29)16-6-9-27(10-7-16)22(30)17-13-25-28(14-17)19-4-2-3-18(23)12-19/h2-5,8,11-14,16H,6-7,9-10H2,1H3,(H,24,26,29). The highest BCUT2D eigenvalue weighted by Crippen LogP contribution is 2.21. The van der Waals surface area contributed by atoms with Gasteiger partial charge in [0.15, 0.2) is 0 Å². The van der Waals surface area contributed by atoms with Crippen molar-refractivity contribution in [1.82, 2.24) is 19.7 Å². The lowest BCUT2D eigenvalue weighted by Crippen LogP contribution is -2.41. The lowest BCUT2D eigenvalue weighted by atomic mass is 9.95. The van der Waals surface area contributed by atoms with Crippen LogP contribution in [0.25, 0.3) is 5.69 Å². The van der Waals surface area contributed by atoms with Crippen molar-refractivity contribution in [3.63, 3.8) is 0 Å². The van der Waals surface area contributed by atoms with E-state index in [4.69, 9.17) is 11.6 Å². The van der Waals surface area contributed by atoms with E-state index in [9.17, 15) is 9.59 Å². The van der Waals surface area contributed by atoms with Gasteiger partial charge in [-0.1, -0.05) is 17.7 Å². The summed E-state index contributed by atoms with van der Waals surface area (Å²) in [6.45, 7) is 3.01. The van der Waals surface area contributed by atoms with Crippen LogP contribution in [-0.4, -0.2) is 44.6 Å². The number of benzene rings is 1. The lowest BCUT2D eigenvalue weighted by molar-refractivity contribution is -0.121. The van der Waals surface area contributed by atoms with Crippen molar-refractivity contribution in [3.05, 3.63) is 71.1 Å². The number of halogens is 1. The Morgan fingerprint density at radius 1 is 1.17 bits per heavy atom. The third-order valence-electron chi connectivity index (χ3n) is 5.22. The van der Waals surface area contributed by atoms with E-state index in [2.05, 4.69) is 15.4 Å². The monoisotopic (exact) mass is 423 g/mol. The largest absolute Gasteiger partial charge is 0.339 e. The van der Waals surface area contributed by atoms with Crippen molar-refractivity contribution >= 4 is 29.2 Å². The Morgan fingerprint density at radius 3 is 2.70 bits per heavy atom. The van der Waals surface area contributed by atoms with Gasteiger partial charge in [0.05, 0.1) is 17.4 Å². The van der Waals surface area contributed by atoms with Crippen LogP contribution < -0.4 is 5.32 Å². The number of amides is 2. The van der Waals surface area contributed by atoms with Gasteiger partial charge >= 0.3 is 0 Å². The zero-order valence-electron chi connectivity index (χ0n) is 16.6. The smallest absolute Gasteiger partial charge is 0.257 e. The van der Waals surface area contributed by atoms with Crippen molar-refractivity contribution in [2.75, 3.05) is 18.4 Å². The average molecular weight is 424 g/mol. The zero-order chi connectivity index (χ0) is 21.1. The molecule has 1 fully saturated rings. The number of pyridine rings is 1. The number of likely N-dealkylation sites (tertiary alicyclic amines) is 1. The molecule has 7 nitrogen and oxygen atoms in total. The predicted octanol–water partition coefficient (Wildman–Crippen LogP) is 3.72. The van der Waals surface area contributed by atoms with Gasteiger partial charge in [0.25, 0.3) is 5.91 Å². The number of anilines is 1. The van der Waals surface area contributed by atoms with Gasteiger partial charge in [0.1, 0.15) is 5.82 Å². The van der Waals surface area contributed by atoms with Gasteiger partial charge in [-0.2, -0.15) is 5.10 Å². The number of hydrogen-bond donors (Lipinski definition) is 1. The molecule has 0 spiro atoms. The van der Waals surface area contributed by atoms with Crippen molar-refractivity contribution < 1.29 is 9.59 Å². The molecular weight excluding hydrogens is 402 g/mol. The molecule has 1 aromatic carbocycles. The fraction of sp³-hybridized carbons (Fsp3) is 0.273. The van der Waals surface area contributed by atoms with Gasteiger partial charge in [-0.3, -0.25) is 9.59 Å². The zero-order valence-corrected chi connectivity index (χ0v) is 17.3. The highest BCUT2D eigenvalue weighted by Gasteiger charge is 2.28. The Kier molecular flexibility index (Phi) is 5.81. The molecule has 4 rings (SSSR count). The van der Waals surface area contributed by atoms with Gasteiger partial charge in [-0.05, 0) is 55.7 Å². The van der Waals surface area contributed by atoms with Crippen LogP contribution in [0.2, 0.25) is 5.02 Å². The SMILES string of the molecule is Cc1ccnc(NC(=O)C2CCN(C(=O)c3cnn(-c4cccc(Cl)c4)c3)CC2)c1. The molecule has 30 heavy (non-hydrogen) atoms. The van der Waals surface area contributed by atoms with E-state index in [1.807, 2.05) is 31.2 Å². The summed E-state index contributed by atoms with van der Waals surface area (Å²) in [6, 6.07) is 11.0. The number of nitrogens with zero attached hydrogens (tertiary/aromatic N) is 4. The summed E-state index contributed by atoms with van der Waals surface area (Å²) < 4.78 is 1.63. The van der Waals surface area contributed by atoms with Crippen LogP contribution in [0.4, 0.5) is 5.82 Å². The number of carbonyl (C=O) groups is 2. The van der Waals surface area contributed by atoms with Crippen LogP contribution in [-0.2, 0) is 4.79 Å². The fourth-order valence-electron chi connectivity index (χ4n) is 3.55. The molecule has 3 heterocycles. The van der Waals surface area contributed by atoms with Gasteiger partial charge in [-0.25, -0.2) is 9.67 Å². The van der Waals surface area contributed by atoms with E-state index in [0.717, 1.165) is 11.3 Å². The van der Waals surface area contributed by atoms with Crippen LogP contribution in [0.1, 0.15) is 28.8 Å². The third kappa shape index (κ3) is 4.52. The van der Waals surface area contributed by atoms with E-state index in [1.165, 1.54) is 0 Å². The highest BCUT2D eigenvalue weighted by atomic mass is 35.5. The minimum Gasteiger partial charge on any atom is -0.339 e. The van der Waals surface area contributed by atoms with Crippen molar-refractivity contribution in [3.8, 4) is 5.69 Å². The molecular formula is C22H22ClN5O2. The molecule has 154 valence electrons. The van der Waals surface area contributed by atoms with Gasteiger partial charge in [0.2, 0.25) is 5.91 Å². The second-order valence-corrected chi connectivity index (χ2v) is 7.86. The maximum Gasteiger partial charge on any atom is 0.257 e. The van der Waals surface area contributed by atoms with E-state index in [0.29, 0.717) is 42.3 Å². The molecule has 0 saturated carbocycles. The van der Waals surface area contributed by atoms with Crippen molar-refractivity contribution in [2.24, 2.45) is 5.92 Å². The highest BCUT2D eigenvalue weighted by molar-refractivity contribution is 6.30. The Morgan fingerprint density at radius 2 is 1.97 bits per heavy atom. The Balaban J connectivity index is 1.35. The number of aryl methyl sites for hydroxylation is 1. The van der Waals surface area contributed by atoms with E-state index >= 15 is 0 Å². The first kappa shape index (κ1) is 20.1. The van der Waals surface area contributed by atoms with Crippen LogP contribution in [0.3, 0.4) is 0 Å². The Labute approximate surface area is 179 Å². The second kappa shape index (κ2) is 8.67. The summed E-state index contributed by atoms with van der Waals surface area (Å²) in [4.78, 5) is 31.3. The van der Waals surface area contributed by atoms with Crippen LogP contribution in [0.5, 0.6) is 0 Å². The van der Waals surface area contributed by atoms with E-state index < -0.39 is 0 Å². The number of rotatable bonds is 4. The number of nitrogens with one attached hydrogen (secondary N) is 1. The molecule has 3 aromatic rings. The number of hydrogen-bond acceptors (Lipinski definition) is 4. The maximum atomic E-state index is 12.9. The minimum absolute atomic E-state index is 0.0472.